The Labute approximate surface area is 282 Å². The van der Waals surface area contributed by atoms with Crippen LogP contribution in [0.2, 0.25) is 0 Å². The van der Waals surface area contributed by atoms with E-state index in [0.29, 0.717) is 0 Å². The number of pyridine rings is 4. The molecule has 6 aromatic rings. The Morgan fingerprint density at radius 2 is 0.553 bits per heavy atom. The summed E-state index contributed by atoms with van der Waals surface area (Å²) in [5, 5.41) is 0. The Morgan fingerprint density at radius 3 is 0.830 bits per heavy atom. The summed E-state index contributed by atoms with van der Waals surface area (Å²) in [5.41, 5.74) is 7.84. The van der Waals surface area contributed by atoms with Gasteiger partial charge < -0.3 is 0 Å². The average Bonchev–Trinajstić information content (AvgIpc) is 3.11. The first-order valence-electron chi connectivity index (χ1n) is 16.3. The van der Waals surface area contributed by atoms with Crippen LogP contribution in [0.25, 0.3) is 22.3 Å². The molecule has 0 aliphatic heterocycles. The summed E-state index contributed by atoms with van der Waals surface area (Å²) in [7, 11) is 0. The van der Waals surface area contributed by atoms with Crippen LogP contribution in [-0.2, 0) is 39.0 Å². The van der Waals surface area contributed by atoms with E-state index in [1.165, 1.54) is 33.4 Å². The third-order valence-electron chi connectivity index (χ3n) is 8.51. The summed E-state index contributed by atoms with van der Waals surface area (Å²) in [6, 6.07) is 39.3. The van der Waals surface area contributed by atoms with Gasteiger partial charge in [0.1, 0.15) is 13.1 Å². The van der Waals surface area contributed by atoms with E-state index in [9.17, 15) is 0 Å². The molecule has 0 atom stereocenters. The first-order valence-corrected chi connectivity index (χ1v) is 16.3. The molecule has 0 bridgehead atoms. The van der Waals surface area contributed by atoms with Gasteiger partial charge in [-0.3, -0.25) is 0 Å². The van der Waals surface area contributed by atoms with E-state index >= 15 is 0 Å². The summed E-state index contributed by atoms with van der Waals surface area (Å²) in [6.07, 6.45) is 23.2. The van der Waals surface area contributed by atoms with Crippen LogP contribution in [-0.4, -0.2) is 0 Å². The maximum absolute atomic E-state index is 2.28. The molecule has 0 amide bonds. The van der Waals surface area contributed by atoms with Crippen LogP contribution in [0.1, 0.15) is 45.2 Å². The van der Waals surface area contributed by atoms with Gasteiger partial charge in [0.2, 0.25) is 0 Å². The van der Waals surface area contributed by atoms with Gasteiger partial charge in [-0.1, -0.05) is 75.5 Å². The smallest absolute Gasteiger partial charge is 0.169 e. The average molecular weight is 625 g/mol. The minimum atomic E-state index is 0. The number of hydrogen-bond donors (Lipinski definition) is 0. The monoisotopic (exact) mass is 624 g/mol. The van der Waals surface area contributed by atoms with Crippen molar-refractivity contribution in [1.29, 1.82) is 0 Å². The molecule has 0 aliphatic rings. The van der Waals surface area contributed by atoms with Crippen LogP contribution in [0.3, 0.4) is 0 Å². The minimum absolute atomic E-state index is 0. The number of rotatable bonds is 14. The molecule has 4 aromatic heterocycles. The maximum Gasteiger partial charge on any atom is 0.169 e. The fourth-order valence-corrected chi connectivity index (χ4v) is 5.85. The number of aromatic nitrogens is 4. The Balaban J connectivity index is 0.00000250. The molecule has 0 spiro atoms. The Kier molecular flexibility index (Phi) is 13.6. The van der Waals surface area contributed by atoms with E-state index in [1.807, 2.05) is 0 Å². The highest BCUT2D eigenvalue weighted by Crippen LogP contribution is 2.17. The third kappa shape index (κ3) is 10.5. The van der Waals surface area contributed by atoms with E-state index in [2.05, 4.69) is 177 Å². The van der Waals surface area contributed by atoms with Crippen molar-refractivity contribution in [3.8, 4) is 22.3 Å². The summed E-state index contributed by atoms with van der Waals surface area (Å²) in [5.74, 6) is 0. The van der Waals surface area contributed by atoms with Crippen LogP contribution in [0, 0.1) is 0 Å². The highest BCUT2D eigenvalue weighted by Gasteiger charge is 2.09. The Hall–Kier alpha value is -4.96. The van der Waals surface area contributed by atoms with Crippen LogP contribution >= 0.6 is 0 Å². The van der Waals surface area contributed by atoms with Crippen molar-refractivity contribution >= 4 is 0 Å². The number of aryl methyl sites for hydroxylation is 6. The Morgan fingerprint density at radius 1 is 0.298 bits per heavy atom. The first-order chi connectivity index (χ1) is 22.3. The summed E-state index contributed by atoms with van der Waals surface area (Å²) in [6.45, 7) is 4.06. The lowest BCUT2D eigenvalue weighted by molar-refractivity contribution is -0.726. The largest absolute Gasteiger partial charge is 0.205 e. The SMILES string of the molecule is C.C.c1ccc(CCC[n+]2ccc(-c3cc[n+](CCC[n+]4ccc(-c5cc[n+](CCCc6ccccc6)cc5)cc4)cc3)cc2)cc1. The molecule has 0 radical (unpaired) electrons. The second kappa shape index (κ2) is 18.3. The van der Waals surface area contributed by atoms with Crippen molar-refractivity contribution in [3.63, 3.8) is 0 Å². The van der Waals surface area contributed by atoms with Crippen LogP contribution < -0.4 is 18.3 Å². The molecule has 0 unspecified atom stereocenters. The van der Waals surface area contributed by atoms with Crippen molar-refractivity contribution in [3.05, 3.63) is 170 Å². The van der Waals surface area contributed by atoms with Gasteiger partial charge >= 0.3 is 0 Å². The predicted octanol–water partition coefficient (Wildman–Crippen LogP) is 7.80. The maximum atomic E-state index is 2.28. The standard InChI is InChI=1S/C41H44N4.2CH4/c1-3-10-36(11-4-1)14-7-24-42-28-16-38(17-29-42)40-20-32-44(33-21-40)26-9-27-45-34-22-41(23-35-45)39-18-30-43(31-19-39)25-8-15-37-12-5-2-6-13-37;;/h1-6,10-13,16-23,28-35H,7-9,14-15,24-27H2;2*1H4/q+4;;. The molecule has 0 saturated heterocycles. The van der Waals surface area contributed by atoms with Gasteiger partial charge in [0, 0.05) is 61.4 Å². The van der Waals surface area contributed by atoms with Crippen molar-refractivity contribution < 1.29 is 18.3 Å². The zero-order valence-electron chi connectivity index (χ0n) is 26.2. The highest BCUT2D eigenvalue weighted by molar-refractivity contribution is 5.61. The molecule has 47 heavy (non-hydrogen) atoms. The van der Waals surface area contributed by atoms with E-state index < -0.39 is 0 Å². The van der Waals surface area contributed by atoms with Crippen LogP contribution in [0.5, 0.6) is 0 Å². The molecule has 4 heterocycles. The first kappa shape index (κ1) is 34.9. The highest BCUT2D eigenvalue weighted by atomic mass is 15.0. The van der Waals surface area contributed by atoms with Gasteiger partial charge in [0.05, 0.1) is 6.42 Å². The van der Waals surface area contributed by atoms with Crippen molar-refractivity contribution in [1.82, 2.24) is 0 Å². The van der Waals surface area contributed by atoms with Gasteiger partial charge in [-0.2, -0.15) is 0 Å². The molecule has 0 N–H and O–H groups in total. The van der Waals surface area contributed by atoms with Crippen LogP contribution in [0.15, 0.2) is 159 Å². The summed E-state index contributed by atoms with van der Waals surface area (Å²) >= 11 is 0. The van der Waals surface area contributed by atoms with Crippen molar-refractivity contribution in [2.75, 3.05) is 0 Å². The molecule has 6 rings (SSSR count). The molecule has 4 nitrogen and oxygen atoms in total. The van der Waals surface area contributed by atoms with Gasteiger partial charge in [-0.25, -0.2) is 18.3 Å². The molecule has 0 aliphatic carbocycles. The molecule has 4 heteroatoms. The second-order valence-electron chi connectivity index (χ2n) is 11.8. The molecule has 0 fully saturated rings. The minimum Gasteiger partial charge on any atom is -0.205 e. The van der Waals surface area contributed by atoms with E-state index in [0.717, 1.165) is 58.3 Å². The molecule has 0 saturated carbocycles. The third-order valence-corrected chi connectivity index (χ3v) is 8.51. The second-order valence-corrected chi connectivity index (χ2v) is 11.8. The van der Waals surface area contributed by atoms with E-state index in [4.69, 9.17) is 0 Å². The van der Waals surface area contributed by atoms with E-state index in [1.54, 1.807) is 0 Å². The van der Waals surface area contributed by atoms with Crippen molar-refractivity contribution in [2.24, 2.45) is 0 Å². The zero-order chi connectivity index (χ0) is 30.5. The Bertz CT molecular complexity index is 1580. The van der Waals surface area contributed by atoms with E-state index in [-0.39, 0.29) is 14.9 Å². The fraction of sp³-hybridized carbons (Fsp3) is 0.256. The normalized spacial score (nSPS) is 10.6. The molecule has 240 valence electrons. The topological polar surface area (TPSA) is 15.5 Å². The lowest BCUT2D eigenvalue weighted by Crippen LogP contribution is -2.38. The number of nitrogens with zero attached hydrogens (tertiary/aromatic N) is 4. The number of hydrogen-bond acceptors (Lipinski definition) is 0. The van der Waals surface area contributed by atoms with Gasteiger partial charge in [-0.05, 0) is 46.2 Å². The zero-order valence-corrected chi connectivity index (χ0v) is 26.2. The van der Waals surface area contributed by atoms with Crippen molar-refractivity contribution in [2.45, 2.75) is 73.1 Å². The fourth-order valence-electron chi connectivity index (χ4n) is 5.85. The van der Waals surface area contributed by atoms with Gasteiger partial charge in [-0.15, -0.1) is 0 Å². The van der Waals surface area contributed by atoms with Crippen LogP contribution in [0.4, 0.5) is 0 Å². The molecule has 2 aromatic carbocycles. The van der Waals surface area contributed by atoms with Gasteiger partial charge in [0.25, 0.3) is 0 Å². The summed E-state index contributed by atoms with van der Waals surface area (Å²) in [4.78, 5) is 0. The molecular weight excluding hydrogens is 573 g/mol. The lowest BCUT2D eigenvalue weighted by atomic mass is 10.1. The number of benzene rings is 2. The summed E-state index contributed by atoms with van der Waals surface area (Å²) < 4.78 is 9.13. The van der Waals surface area contributed by atoms with Gasteiger partial charge in [0.15, 0.2) is 62.7 Å². The lowest BCUT2D eigenvalue weighted by Gasteiger charge is -2.03. The predicted molar refractivity (Wildman–Crippen MR) is 192 cm³/mol. The molecular formula is C43H52N4+4. The quantitative estimate of drug-likeness (QED) is 0.110.